The first-order valence-corrected chi connectivity index (χ1v) is 8.87. The lowest BCUT2D eigenvalue weighted by atomic mass is 9.86. The number of hydrogen-bond acceptors (Lipinski definition) is 3. The number of halogens is 3. The molecule has 1 saturated carbocycles. The van der Waals surface area contributed by atoms with E-state index in [1.165, 1.54) is 24.3 Å². The van der Waals surface area contributed by atoms with Crippen molar-refractivity contribution in [3.8, 4) is 0 Å². The largest absolute Gasteiger partial charge is 0.391 e. The van der Waals surface area contributed by atoms with Crippen molar-refractivity contribution in [1.82, 2.24) is 5.32 Å². The lowest BCUT2D eigenvalue weighted by Gasteiger charge is -2.30. The molecule has 1 aromatic carbocycles. The number of urea groups is 1. The molecule has 0 aliphatic heterocycles. The van der Waals surface area contributed by atoms with Gasteiger partial charge in [-0.15, -0.1) is 0 Å². The first-order valence-electron chi connectivity index (χ1n) is 7.33. The van der Waals surface area contributed by atoms with Crippen LogP contribution in [0.4, 0.5) is 23.7 Å². The number of sulfonamides is 1. The van der Waals surface area contributed by atoms with Crippen molar-refractivity contribution in [2.24, 2.45) is 11.1 Å². The highest BCUT2D eigenvalue weighted by molar-refractivity contribution is 7.89. The van der Waals surface area contributed by atoms with Gasteiger partial charge in [-0.3, -0.25) is 0 Å². The first kappa shape index (κ1) is 18.5. The summed E-state index contributed by atoms with van der Waals surface area (Å²) in [6.07, 6.45) is -3.66. The summed E-state index contributed by atoms with van der Waals surface area (Å²) < 4.78 is 60.0. The highest BCUT2D eigenvalue weighted by Gasteiger charge is 2.41. The van der Waals surface area contributed by atoms with E-state index >= 15 is 0 Å². The van der Waals surface area contributed by atoms with Gasteiger partial charge >= 0.3 is 12.2 Å². The molecule has 24 heavy (non-hydrogen) atoms. The number of rotatable bonds is 3. The number of nitrogens with two attached hydrogens (primary N) is 1. The van der Waals surface area contributed by atoms with E-state index < -0.39 is 28.1 Å². The Morgan fingerprint density at radius 3 is 2.08 bits per heavy atom. The molecule has 2 rings (SSSR count). The minimum absolute atomic E-state index is 0.00248. The van der Waals surface area contributed by atoms with E-state index in [0.717, 1.165) is 0 Å². The van der Waals surface area contributed by atoms with Gasteiger partial charge < -0.3 is 10.6 Å². The molecular formula is C14H18F3N3O3S. The van der Waals surface area contributed by atoms with Crippen molar-refractivity contribution in [1.29, 1.82) is 0 Å². The van der Waals surface area contributed by atoms with Crippen LogP contribution in [0.25, 0.3) is 0 Å². The summed E-state index contributed by atoms with van der Waals surface area (Å²) >= 11 is 0. The fourth-order valence-corrected chi connectivity index (χ4v) is 3.16. The van der Waals surface area contributed by atoms with Gasteiger partial charge in [0.2, 0.25) is 10.0 Å². The van der Waals surface area contributed by atoms with Gasteiger partial charge in [0, 0.05) is 11.7 Å². The maximum atomic E-state index is 12.6. The van der Waals surface area contributed by atoms with Crippen LogP contribution < -0.4 is 15.8 Å². The van der Waals surface area contributed by atoms with Crippen LogP contribution in [-0.4, -0.2) is 26.7 Å². The summed E-state index contributed by atoms with van der Waals surface area (Å²) in [6, 6.07) is 4.39. The van der Waals surface area contributed by atoms with Gasteiger partial charge in [0.25, 0.3) is 0 Å². The van der Waals surface area contributed by atoms with E-state index in [1.807, 2.05) is 0 Å². The van der Waals surface area contributed by atoms with E-state index in [4.69, 9.17) is 5.14 Å². The summed E-state index contributed by atoms with van der Waals surface area (Å²) in [6.45, 7) is 0. The topological polar surface area (TPSA) is 101 Å². The second-order valence-electron chi connectivity index (χ2n) is 5.76. The molecule has 0 aromatic heterocycles. The average molecular weight is 365 g/mol. The molecule has 4 N–H and O–H groups in total. The van der Waals surface area contributed by atoms with Gasteiger partial charge in [0.05, 0.1) is 10.8 Å². The van der Waals surface area contributed by atoms with Crippen LogP contribution in [0, 0.1) is 5.92 Å². The fourth-order valence-electron chi connectivity index (χ4n) is 2.65. The molecule has 0 spiro atoms. The minimum Gasteiger partial charge on any atom is -0.335 e. The zero-order valence-electron chi connectivity index (χ0n) is 12.6. The van der Waals surface area contributed by atoms with E-state index in [9.17, 15) is 26.4 Å². The number of nitrogens with one attached hydrogen (secondary N) is 2. The summed E-state index contributed by atoms with van der Waals surface area (Å²) in [5.74, 6) is -1.30. The van der Waals surface area contributed by atoms with E-state index in [0.29, 0.717) is 5.69 Å². The molecule has 10 heteroatoms. The third kappa shape index (κ3) is 5.10. The highest BCUT2D eigenvalue weighted by Crippen LogP contribution is 2.37. The van der Waals surface area contributed by atoms with Crippen LogP contribution in [0.2, 0.25) is 0 Å². The molecule has 1 fully saturated rings. The highest BCUT2D eigenvalue weighted by atomic mass is 32.2. The molecule has 134 valence electrons. The third-order valence-electron chi connectivity index (χ3n) is 3.97. The Morgan fingerprint density at radius 2 is 1.62 bits per heavy atom. The van der Waals surface area contributed by atoms with Crippen LogP contribution in [-0.2, 0) is 10.0 Å². The second kappa shape index (κ2) is 6.98. The molecular weight excluding hydrogens is 347 g/mol. The molecule has 0 radical (unpaired) electrons. The molecule has 0 heterocycles. The van der Waals surface area contributed by atoms with Crippen LogP contribution in [0.15, 0.2) is 29.2 Å². The lowest BCUT2D eigenvalue weighted by molar-refractivity contribution is -0.182. The molecule has 1 aromatic rings. The van der Waals surface area contributed by atoms with Gasteiger partial charge in [0.15, 0.2) is 0 Å². The quantitative estimate of drug-likeness (QED) is 0.767. The van der Waals surface area contributed by atoms with Crippen LogP contribution in [0.5, 0.6) is 0 Å². The molecule has 1 aliphatic carbocycles. The number of carbonyl (C=O) groups is 1. The molecule has 0 saturated heterocycles. The Balaban J connectivity index is 1.84. The van der Waals surface area contributed by atoms with Crippen molar-refractivity contribution in [3.05, 3.63) is 24.3 Å². The van der Waals surface area contributed by atoms with Crippen molar-refractivity contribution in [2.45, 2.75) is 42.8 Å². The normalized spacial score (nSPS) is 22.0. The van der Waals surface area contributed by atoms with Crippen molar-refractivity contribution in [2.75, 3.05) is 5.32 Å². The maximum Gasteiger partial charge on any atom is 0.391 e. The van der Waals surface area contributed by atoms with Crippen molar-refractivity contribution >= 4 is 21.7 Å². The minimum atomic E-state index is -4.18. The molecule has 6 nitrogen and oxygen atoms in total. The smallest absolute Gasteiger partial charge is 0.335 e. The van der Waals surface area contributed by atoms with Crippen molar-refractivity contribution < 1.29 is 26.4 Å². The molecule has 2 amide bonds. The number of amides is 2. The average Bonchev–Trinajstić information content (AvgIpc) is 2.46. The Kier molecular flexibility index (Phi) is 5.38. The number of alkyl halides is 3. The van der Waals surface area contributed by atoms with Gasteiger partial charge in [-0.25, -0.2) is 18.4 Å². The van der Waals surface area contributed by atoms with Crippen LogP contribution >= 0.6 is 0 Å². The van der Waals surface area contributed by atoms with Gasteiger partial charge in [-0.1, -0.05) is 0 Å². The Hall–Kier alpha value is -1.81. The van der Waals surface area contributed by atoms with E-state index in [2.05, 4.69) is 10.6 Å². The fraction of sp³-hybridized carbons (Fsp3) is 0.500. The second-order valence-corrected chi connectivity index (χ2v) is 7.32. The molecule has 0 atom stereocenters. The SMILES string of the molecule is NS(=O)(=O)c1ccc(NC(=O)NC2CCC(C(F)(F)F)CC2)cc1. The standard InChI is InChI=1S/C14H18F3N3O3S/c15-14(16,17)9-1-3-10(4-2-9)19-13(21)20-11-5-7-12(8-6-11)24(18,22)23/h5-10H,1-4H2,(H2,18,22,23)(H2,19,20,21). The number of primary sulfonamides is 1. The Bertz CT molecular complexity index is 681. The predicted octanol–water partition coefficient (Wildman–Crippen LogP) is 2.58. The van der Waals surface area contributed by atoms with E-state index in [-0.39, 0.29) is 36.6 Å². The monoisotopic (exact) mass is 365 g/mol. The Morgan fingerprint density at radius 1 is 1.08 bits per heavy atom. The zero-order valence-corrected chi connectivity index (χ0v) is 13.5. The van der Waals surface area contributed by atoms with Crippen LogP contribution in [0.3, 0.4) is 0 Å². The van der Waals surface area contributed by atoms with Gasteiger partial charge in [-0.2, -0.15) is 13.2 Å². The lowest BCUT2D eigenvalue weighted by Crippen LogP contribution is -2.41. The van der Waals surface area contributed by atoms with Crippen molar-refractivity contribution in [3.63, 3.8) is 0 Å². The Labute approximate surface area is 137 Å². The summed E-state index contributed by atoms with van der Waals surface area (Å²) in [5.41, 5.74) is 0.351. The number of benzene rings is 1. The molecule has 1 aliphatic rings. The molecule has 0 bridgehead atoms. The summed E-state index contributed by atoms with van der Waals surface area (Å²) in [5, 5.41) is 10.1. The predicted molar refractivity (Wildman–Crippen MR) is 81.8 cm³/mol. The van der Waals surface area contributed by atoms with E-state index in [1.54, 1.807) is 0 Å². The van der Waals surface area contributed by atoms with Gasteiger partial charge in [-0.05, 0) is 49.9 Å². The summed E-state index contributed by atoms with van der Waals surface area (Å²) in [4.78, 5) is 11.8. The first-order chi connectivity index (χ1) is 11.1. The number of anilines is 1. The zero-order chi connectivity index (χ0) is 18.0. The maximum absolute atomic E-state index is 12.6. The molecule has 0 unspecified atom stereocenters. The van der Waals surface area contributed by atoms with Crippen LogP contribution in [0.1, 0.15) is 25.7 Å². The third-order valence-corrected chi connectivity index (χ3v) is 4.90. The van der Waals surface area contributed by atoms with Gasteiger partial charge in [0.1, 0.15) is 0 Å². The number of carbonyl (C=O) groups excluding carboxylic acids is 1. The number of hydrogen-bond donors (Lipinski definition) is 3. The summed E-state index contributed by atoms with van der Waals surface area (Å²) in [7, 11) is -3.81.